The largest absolute Gasteiger partial charge is 0.394 e. The fraction of sp³-hybridized carbons (Fsp3) is 0.962. The average Bonchev–Trinajstić information content (AvgIpc) is 3.06. The third-order valence-corrected chi connectivity index (χ3v) is 8.61. The molecular weight excluding hydrogens is 662 g/mol. The maximum absolute atomic E-state index is 11.8. The first kappa shape index (κ1) is 39.5. The number of aliphatic hydroxyl groups excluding tert-OH is 13. The van der Waals surface area contributed by atoms with Crippen molar-refractivity contribution in [1.82, 2.24) is 5.32 Å². The van der Waals surface area contributed by atoms with Gasteiger partial charge in [-0.3, -0.25) is 4.79 Å². The van der Waals surface area contributed by atoms with Crippen molar-refractivity contribution in [2.24, 2.45) is 0 Å². The number of aliphatic hydroxyl groups is 13. The van der Waals surface area contributed by atoms with E-state index >= 15 is 0 Å². The topological polar surface area (TPSA) is 357 Å². The predicted octanol–water partition coefficient (Wildman–Crippen LogP) is -9.61. The maximum atomic E-state index is 11.8. The number of nitrogens with one attached hydrogen (secondary N) is 1. The molecule has 0 bridgehead atoms. The summed E-state index contributed by atoms with van der Waals surface area (Å²) < 4.78 is 38.4. The van der Waals surface area contributed by atoms with Crippen molar-refractivity contribution >= 4 is 5.91 Å². The summed E-state index contributed by atoms with van der Waals surface area (Å²) in [6, 6.07) is -1.49. The molecule has 4 aliphatic heterocycles. The van der Waals surface area contributed by atoms with Crippen LogP contribution >= 0.6 is 0 Å². The molecule has 0 aromatic heterocycles. The molecule has 0 aliphatic carbocycles. The molecule has 0 aromatic rings. The summed E-state index contributed by atoms with van der Waals surface area (Å²) in [4.78, 5) is 11.8. The molecule has 1 unspecified atom stereocenters. The Hall–Kier alpha value is -1.33. The van der Waals surface area contributed by atoms with E-state index in [1.54, 1.807) is 0 Å². The van der Waals surface area contributed by atoms with Gasteiger partial charge >= 0.3 is 0 Å². The van der Waals surface area contributed by atoms with Gasteiger partial charge in [0.15, 0.2) is 25.2 Å². The second kappa shape index (κ2) is 16.8. The average molecular weight is 708 g/mol. The summed E-state index contributed by atoms with van der Waals surface area (Å²) in [6.07, 6.45) is -33.5. The van der Waals surface area contributed by atoms with E-state index < -0.39 is 155 Å². The molecule has 0 spiro atoms. The molecule has 48 heavy (non-hydrogen) atoms. The second-order valence-electron chi connectivity index (χ2n) is 11.9. The van der Waals surface area contributed by atoms with Crippen LogP contribution in [-0.4, -0.2) is 221 Å². The number of carbonyl (C=O) groups is 1. The molecule has 0 aromatic carbocycles. The van der Waals surface area contributed by atoms with Crippen molar-refractivity contribution < 1.29 is 104 Å². The van der Waals surface area contributed by atoms with E-state index in [0.717, 1.165) is 6.92 Å². The van der Waals surface area contributed by atoms with Crippen LogP contribution in [0.4, 0.5) is 0 Å². The minimum absolute atomic E-state index is 0.693. The zero-order valence-corrected chi connectivity index (χ0v) is 25.5. The first-order valence-electron chi connectivity index (χ1n) is 15.1. The Kier molecular flexibility index (Phi) is 13.8. The normalized spacial score (nSPS) is 50.2. The van der Waals surface area contributed by atoms with Crippen LogP contribution in [0, 0.1) is 0 Å². The molecule has 4 aliphatic rings. The first-order valence-corrected chi connectivity index (χ1v) is 15.1. The van der Waals surface area contributed by atoms with Crippen LogP contribution in [0.25, 0.3) is 0 Å². The highest BCUT2D eigenvalue weighted by Gasteiger charge is 2.55. The van der Waals surface area contributed by atoms with E-state index in [0.29, 0.717) is 0 Å². The number of ether oxygens (including phenoxy) is 7. The van der Waals surface area contributed by atoms with Gasteiger partial charge in [-0.25, -0.2) is 0 Å². The van der Waals surface area contributed by atoms with Crippen LogP contribution in [0.5, 0.6) is 0 Å². The smallest absolute Gasteiger partial charge is 0.217 e. The van der Waals surface area contributed by atoms with Crippen LogP contribution in [0.2, 0.25) is 0 Å². The lowest BCUT2D eigenvalue weighted by Crippen LogP contribution is -2.69. The number of amides is 1. The van der Waals surface area contributed by atoms with E-state index in [9.17, 15) is 71.2 Å². The molecule has 4 fully saturated rings. The van der Waals surface area contributed by atoms with E-state index in [2.05, 4.69) is 5.32 Å². The highest BCUT2D eigenvalue weighted by atomic mass is 16.8. The van der Waals surface area contributed by atoms with Crippen molar-refractivity contribution in [3.8, 4) is 0 Å². The quantitative estimate of drug-likeness (QED) is 0.0947. The molecule has 0 radical (unpaired) electrons. The summed E-state index contributed by atoms with van der Waals surface area (Å²) in [6.45, 7) is -2.35. The van der Waals surface area contributed by atoms with Gasteiger partial charge in [0.25, 0.3) is 0 Å². The summed E-state index contributed by atoms with van der Waals surface area (Å²) >= 11 is 0. The molecule has 22 nitrogen and oxygen atoms in total. The molecule has 4 saturated heterocycles. The molecule has 22 heteroatoms. The number of carbonyl (C=O) groups excluding carboxylic acids is 1. The molecule has 4 rings (SSSR count). The van der Waals surface area contributed by atoms with Gasteiger partial charge in [-0.05, 0) is 0 Å². The van der Waals surface area contributed by atoms with Gasteiger partial charge in [0, 0.05) is 6.92 Å². The number of hydrogen-bond donors (Lipinski definition) is 14. The fourth-order valence-corrected chi connectivity index (χ4v) is 5.95. The minimum Gasteiger partial charge on any atom is -0.394 e. The van der Waals surface area contributed by atoms with Crippen molar-refractivity contribution in [2.45, 2.75) is 130 Å². The van der Waals surface area contributed by atoms with E-state index in [1.165, 1.54) is 0 Å². The van der Waals surface area contributed by atoms with Crippen LogP contribution in [0.3, 0.4) is 0 Å². The molecular formula is C26H45NO21. The van der Waals surface area contributed by atoms with E-state index in [4.69, 9.17) is 33.2 Å². The highest BCUT2D eigenvalue weighted by Crippen LogP contribution is 2.34. The Morgan fingerprint density at radius 2 is 0.938 bits per heavy atom. The lowest BCUT2D eigenvalue weighted by atomic mass is 9.95. The zero-order chi connectivity index (χ0) is 35.6. The first-order chi connectivity index (χ1) is 22.7. The Labute approximate surface area is 272 Å². The number of rotatable bonds is 11. The van der Waals surface area contributed by atoms with Crippen molar-refractivity contribution in [2.75, 3.05) is 26.4 Å². The Morgan fingerprint density at radius 1 is 0.500 bits per heavy atom. The molecule has 4 heterocycles. The highest BCUT2D eigenvalue weighted by molar-refractivity contribution is 5.73. The van der Waals surface area contributed by atoms with Crippen molar-refractivity contribution in [1.29, 1.82) is 0 Å². The van der Waals surface area contributed by atoms with Crippen molar-refractivity contribution in [3.05, 3.63) is 0 Å². The Morgan fingerprint density at radius 3 is 1.48 bits per heavy atom. The third kappa shape index (κ3) is 8.08. The maximum Gasteiger partial charge on any atom is 0.217 e. The molecule has 20 atom stereocenters. The lowest BCUT2D eigenvalue weighted by Gasteiger charge is -2.49. The predicted molar refractivity (Wildman–Crippen MR) is 145 cm³/mol. The third-order valence-electron chi connectivity index (χ3n) is 8.61. The van der Waals surface area contributed by atoms with Gasteiger partial charge in [-0.2, -0.15) is 0 Å². The molecule has 1 amide bonds. The molecule has 0 saturated carbocycles. The summed E-state index contributed by atoms with van der Waals surface area (Å²) in [5.74, 6) is -0.693. The SMILES string of the molecule is CC(=O)N[C@H]1[C@@H](O[C@H]2[C@@H](O)[C@@H](CO)O[C@@H](O[C@@H]3[C@H](O)[C@@H](O)[C@H](O[C@H]4[C@H](O)[C@@H](O)C(O)O[C@@H]4CO)O[C@@H]3CO)[C@@H]2O)O[C@H](CO)[C@H](O)[C@@H]1O. The van der Waals surface area contributed by atoms with Crippen LogP contribution < -0.4 is 5.32 Å². The number of hydrogen-bond acceptors (Lipinski definition) is 21. The fourth-order valence-electron chi connectivity index (χ4n) is 5.95. The standard InChI is InChI=1S/C26H45NO21/c1-6(32)27-11-14(35)12(33)7(2-28)43-24(11)48-22-13(34)8(3-29)44-26(19(22)40)47-21-10(5-31)45-25(18(39)16(21)37)46-20-9(4-30)42-23(41)17(38)15(20)36/h7-26,28-31,33-41H,2-5H2,1H3,(H,27,32)/t7-,8-,9-,10-,11-,12+,13+,14-,15-,16-,17-,18-,19-,20-,21+,22+,23?,24-,25+,26+/m1/s1. The second-order valence-corrected chi connectivity index (χ2v) is 11.9. The monoisotopic (exact) mass is 707 g/mol. The van der Waals surface area contributed by atoms with Gasteiger partial charge in [-0.1, -0.05) is 0 Å². The Balaban J connectivity index is 1.51. The lowest BCUT2D eigenvalue weighted by molar-refractivity contribution is -0.385. The molecule has 280 valence electrons. The van der Waals surface area contributed by atoms with E-state index in [1.807, 2.05) is 0 Å². The van der Waals surface area contributed by atoms with Crippen LogP contribution in [0.1, 0.15) is 6.92 Å². The van der Waals surface area contributed by atoms with Gasteiger partial charge in [-0.15, -0.1) is 0 Å². The van der Waals surface area contributed by atoms with Gasteiger partial charge in [0.2, 0.25) is 5.91 Å². The summed E-state index contributed by atoms with van der Waals surface area (Å²) in [5, 5.41) is 136. The van der Waals surface area contributed by atoms with Gasteiger partial charge in [0.05, 0.1) is 26.4 Å². The Bertz CT molecular complexity index is 1030. The van der Waals surface area contributed by atoms with Crippen molar-refractivity contribution in [3.63, 3.8) is 0 Å². The minimum atomic E-state index is -2.03. The van der Waals surface area contributed by atoms with Crippen LogP contribution in [-0.2, 0) is 38.0 Å². The van der Waals surface area contributed by atoms with Gasteiger partial charge < -0.3 is 105 Å². The van der Waals surface area contributed by atoms with E-state index in [-0.39, 0.29) is 0 Å². The molecule has 14 N–H and O–H groups in total. The summed E-state index contributed by atoms with van der Waals surface area (Å²) in [5.41, 5.74) is 0. The van der Waals surface area contributed by atoms with Gasteiger partial charge in [0.1, 0.15) is 97.6 Å². The summed E-state index contributed by atoms with van der Waals surface area (Å²) in [7, 11) is 0. The zero-order valence-electron chi connectivity index (χ0n) is 25.5. The van der Waals surface area contributed by atoms with Crippen LogP contribution in [0.15, 0.2) is 0 Å².